The first-order valence-electron chi connectivity index (χ1n) is 11.3. The maximum Gasteiger partial charge on any atom is 0.326 e. The number of carbonyl (C=O) groups excluding carboxylic acids is 1. The molecule has 1 unspecified atom stereocenters. The van der Waals surface area contributed by atoms with Crippen molar-refractivity contribution in [2.75, 3.05) is 11.5 Å². The molecule has 7 nitrogen and oxygen atoms in total. The SMILES string of the molecule is CCOc1ccc(-c2noc(C3=C(C)N(c4ccc(F)cc4)C(=O)NC3c3ccc(F)cc3)n2)cc1. The molecule has 1 N–H and O–H groups in total. The predicted octanol–water partition coefficient (Wildman–Crippen LogP) is 6.12. The van der Waals surface area contributed by atoms with Crippen LogP contribution < -0.4 is 15.0 Å². The van der Waals surface area contributed by atoms with Crippen molar-refractivity contribution in [2.24, 2.45) is 0 Å². The summed E-state index contributed by atoms with van der Waals surface area (Å²) in [6.45, 7) is 4.21. The van der Waals surface area contributed by atoms with Gasteiger partial charge in [0.25, 0.3) is 5.89 Å². The second kappa shape index (κ2) is 9.61. The molecular formula is C27H22F2N4O3. The molecule has 0 aliphatic carbocycles. The van der Waals surface area contributed by atoms with Gasteiger partial charge in [0.1, 0.15) is 17.4 Å². The second-order valence-corrected chi connectivity index (χ2v) is 8.13. The highest BCUT2D eigenvalue weighted by atomic mass is 19.1. The average molecular weight is 488 g/mol. The summed E-state index contributed by atoms with van der Waals surface area (Å²) in [5.74, 6) is 0.463. The Hall–Kier alpha value is -4.53. The van der Waals surface area contributed by atoms with Crippen LogP contribution in [0.15, 0.2) is 83.0 Å². The first-order valence-corrected chi connectivity index (χ1v) is 11.3. The molecular weight excluding hydrogens is 466 g/mol. The van der Waals surface area contributed by atoms with E-state index >= 15 is 0 Å². The summed E-state index contributed by atoms with van der Waals surface area (Å²) in [5, 5.41) is 7.07. The van der Waals surface area contributed by atoms with Crippen LogP contribution in [0.2, 0.25) is 0 Å². The highest BCUT2D eigenvalue weighted by Crippen LogP contribution is 2.39. The molecule has 4 aromatic rings. The molecule has 0 saturated carbocycles. The zero-order valence-corrected chi connectivity index (χ0v) is 19.5. The van der Waals surface area contributed by atoms with E-state index in [2.05, 4.69) is 15.5 Å². The van der Waals surface area contributed by atoms with E-state index in [1.54, 1.807) is 19.1 Å². The topological polar surface area (TPSA) is 80.5 Å². The standard InChI is InChI=1S/C27H22F2N4O3/c1-3-35-22-14-6-18(7-15-22)25-31-26(36-32-25)23-16(2)33(21-12-10-20(29)11-13-21)27(34)30-24(23)17-4-8-19(28)9-5-17/h4-15,24H,3H2,1-2H3,(H,30,34). The third kappa shape index (κ3) is 4.43. The summed E-state index contributed by atoms with van der Waals surface area (Å²) in [5.41, 5.74) is 2.88. The number of carbonyl (C=O) groups is 1. The van der Waals surface area contributed by atoms with Gasteiger partial charge >= 0.3 is 6.03 Å². The van der Waals surface area contributed by atoms with E-state index in [1.165, 1.54) is 41.3 Å². The number of benzene rings is 3. The van der Waals surface area contributed by atoms with E-state index in [-0.39, 0.29) is 5.89 Å². The van der Waals surface area contributed by atoms with Crippen molar-refractivity contribution < 1.29 is 22.8 Å². The molecule has 9 heteroatoms. The summed E-state index contributed by atoms with van der Waals surface area (Å²) in [6, 6.07) is 17.6. The Bertz CT molecular complexity index is 1410. The van der Waals surface area contributed by atoms with E-state index in [0.29, 0.717) is 35.0 Å². The zero-order chi connectivity index (χ0) is 25.2. The van der Waals surface area contributed by atoms with Crippen LogP contribution in [-0.2, 0) is 0 Å². The van der Waals surface area contributed by atoms with Gasteiger partial charge in [0, 0.05) is 11.3 Å². The first-order chi connectivity index (χ1) is 17.4. The minimum atomic E-state index is -0.677. The molecule has 1 aliphatic rings. The number of rotatable bonds is 6. The number of nitrogens with zero attached hydrogens (tertiary/aromatic N) is 3. The van der Waals surface area contributed by atoms with Crippen LogP contribution in [0.5, 0.6) is 5.75 Å². The number of hydrogen-bond donors (Lipinski definition) is 1. The van der Waals surface area contributed by atoms with Crippen molar-refractivity contribution in [1.29, 1.82) is 0 Å². The molecule has 0 fully saturated rings. The number of amides is 2. The van der Waals surface area contributed by atoms with Crippen molar-refractivity contribution in [3.8, 4) is 17.1 Å². The van der Waals surface area contributed by atoms with Crippen molar-refractivity contribution in [3.05, 3.63) is 102 Å². The number of ether oxygens (including phenoxy) is 1. The van der Waals surface area contributed by atoms with E-state index in [0.717, 1.165) is 11.3 Å². The van der Waals surface area contributed by atoms with Crippen molar-refractivity contribution in [1.82, 2.24) is 15.5 Å². The number of anilines is 1. The van der Waals surface area contributed by atoms with Gasteiger partial charge in [-0.05, 0) is 80.1 Å². The number of hydrogen-bond acceptors (Lipinski definition) is 5. The fourth-order valence-electron chi connectivity index (χ4n) is 4.14. The summed E-state index contributed by atoms with van der Waals surface area (Å²) in [4.78, 5) is 19.2. The van der Waals surface area contributed by atoms with Crippen LogP contribution in [0.1, 0.15) is 31.3 Å². The minimum absolute atomic E-state index is 0.192. The Morgan fingerprint density at radius 1 is 0.972 bits per heavy atom. The fraction of sp³-hybridized carbons (Fsp3) is 0.148. The van der Waals surface area contributed by atoms with Gasteiger partial charge < -0.3 is 14.6 Å². The summed E-state index contributed by atoms with van der Waals surface area (Å²) in [7, 11) is 0. The molecule has 1 atom stereocenters. The predicted molar refractivity (Wildman–Crippen MR) is 130 cm³/mol. The Kier molecular flexibility index (Phi) is 6.20. The molecule has 5 rings (SSSR count). The molecule has 1 aliphatic heterocycles. The first kappa shape index (κ1) is 23.2. The maximum absolute atomic E-state index is 13.6. The summed E-state index contributed by atoms with van der Waals surface area (Å²) < 4.78 is 38.3. The van der Waals surface area contributed by atoms with Gasteiger partial charge in [-0.15, -0.1) is 0 Å². The van der Waals surface area contributed by atoms with Gasteiger partial charge in [0.2, 0.25) is 5.82 Å². The number of aromatic nitrogens is 2. The molecule has 3 aromatic carbocycles. The van der Waals surface area contributed by atoms with Crippen molar-refractivity contribution in [3.63, 3.8) is 0 Å². The molecule has 36 heavy (non-hydrogen) atoms. The molecule has 0 spiro atoms. The van der Waals surface area contributed by atoms with Crippen LogP contribution in [0, 0.1) is 11.6 Å². The number of urea groups is 1. The average Bonchev–Trinajstić information content (AvgIpc) is 3.36. The summed E-state index contributed by atoms with van der Waals surface area (Å²) in [6.07, 6.45) is 0. The Morgan fingerprint density at radius 2 is 1.61 bits per heavy atom. The van der Waals surface area contributed by atoms with Crippen molar-refractivity contribution in [2.45, 2.75) is 19.9 Å². The largest absolute Gasteiger partial charge is 0.494 e. The molecule has 182 valence electrons. The highest BCUT2D eigenvalue weighted by Gasteiger charge is 2.36. The fourth-order valence-corrected chi connectivity index (χ4v) is 4.14. The lowest BCUT2D eigenvalue weighted by atomic mass is 9.94. The van der Waals surface area contributed by atoms with E-state index in [1.807, 2.05) is 31.2 Å². The summed E-state index contributed by atoms with van der Waals surface area (Å²) >= 11 is 0. The van der Waals surface area contributed by atoms with Crippen LogP contribution in [0.4, 0.5) is 19.3 Å². The lowest BCUT2D eigenvalue weighted by molar-refractivity contribution is 0.244. The lowest BCUT2D eigenvalue weighted by Crippen LogP contribution is -2.46. The minimum Gasteiger partial charge on any atom is -0.494 e. The molecule has 1 aromatic heterocycles. The van der Waals surface area contributed by atoms with E-state index in [4.69, 9.17) is 9.26 Å². The lowest BCUT2D eigenvalue weighted by Gasteiger charge is -2.35. The van der Waals surface area contributed by atoms with E-state index in [9.17, 15) is 13.6 Å². The Labute approximate surface area is 206 Å². The van der Waals surface area contributed by atoms with Gasteiger partial charge in [-0.3, -0.25) is 4.90 Å². The number of nitrogens with one attached hydrogen (secondary N) is 1. The molecule has 2 amide bonds. The van der Waals surface area contributed by atoms with Crippen LogP contribution in [0.3, 0.4) is 0 Å². The Morgan fingerprint density at radius 3 is 2.25 bits per heavy atom. The molecule has 0 bridgehead atoms. The molecule has 0 radical (unpaired) electrons. The van der Waals surface area contributed by atoms with Gasteiger partial charge in [0.05, 0.1) is 23.9 Å². The van der Waals surface area contributed by atoms with Gasteiger partial charge in [-0.1, -0.05) is 17.3 Å². The maximum atomic E-state index is 13.6. The smallest absolute Gasteiger partial charge is 0.326 e. The quantitative estimate of drug-likeness (QED) is 0.354. The van der Waals surface area contributed by atoms with Gasteiger partial charge in [0.15, 0.2) is 0 Å². The molecule has 0 saturated heterocycles. The van der Waals surface area contributed by atoms with Crippen LogP contribution in [-0.4, -0.2) is 22.8 Å². The van der Waals surface area contributed by atoms with Crippen LogP contribution in [0.25, 0.3) is 17.0 Å². The highest BCUT2D eigenvalue weighted by molar-refractivity contribution is 6.01. The number of allylic oxidation sites excluding steroid dienone is 1. The van der Waals surface area contributed by atoms with Crippen LogP contribution >= 0.6 is 0 Å². The monoisotopic (exact) mass is 488 g/mol. The van der Waals surface area contributed by atoms with Gasteiger partial charge in [-0.2, -0.15) is 4.98 Å². The number of halogens is 2. The van der Waals surface area contributed by atoms with Gasteiger partial charge in [-0.25, -0.2) is 13.6 Å². The Balaban J connectivity index is 1.60. The molecule has 2 heterocycles. The second-order valence-electron chi connectivity index (χ2n) is 8.13. The zero-order valence-electron chi connectivity index (χ0n) is 19.5. The van der Waals surface area contributed by atoms with E-state index < -0.39 is 23.7 Å². The van der Waals surface area contributed by atoms with Crippen molar-refractivity contribution >= 4 is 17.3 Å². The third-order valence-corrected chi connectivity index (χ3v) is 5.85. The third-order valence-electron chi connectivity index (χ3n) is 5.85. The normalized spacial score (nSPS) is 15.7.